The lowest BCUT2D eigenvalue weighted by Gasteiger charge is -2.07. The van der Waals surface area contributed by atoms with E-state index in [1.54, 1.807) is 35.2 Å². The van der Waals surface area contributed by atoms with E-state index in [0.717, 1.165) is 32.9 Å². The highest BCUT2D eigenvalue weighted by Crippen LogP contribution is 2.28. The Morgan fingerprint density at radius 3 is 2.32 bits per heavy atom. The Morgan fingerprint density at radius 1 is 0.882 bits per heavy atom. The van der Waals surface area contributed by atoms with Crippen LogP contribution in [0.3, 0.4) is 0 Å². The number of para-hydroxylation sites is 2. The van der Waals surface area contributed by atoms with E-state index in [-0.39, 0.29) is 12.5 Å². The molecule has 7 nitrogen and oxygen atoms in total. The van der Waals surface area contributed by atoms with Gasteiger partial charge in [-0.1, -0.05) is 36.4 Å². The summed E-state index contributed by atoms with van der Waals surface area (Å²) >= 11 is 0. The van der Waals surface area contributed by atoms with Crippen molar-refractivity contribution in [3.63, 3.8) is 0 Å². The van der Waals surface area contributed by atoms with Crippen molar-refractivity contribution in [2.45, 2.75) is 0 Å². The van der Waals surface area contributed by atoms with Gasteiger partial charge in [0, 0.05) is 28.7 Å². The molecule has 0 bridgehead atoms. The average molecular weight is 446 g/mol. The lowest BCUT2D eigenvalue weighted by molar-refractivity contribution is 0.0452. The number of rotatable bonds is 4. The summed E-state index contributed by atoms with van der Waals surface area (Å²) in [6.45, 7) is -0.372. The zero-order valence-corrected chi connectivity index (χ0v) is 17.9. The number of benzene rings is 3. The van der Waals surface area contributed by atoms with Crippen LogP contribution in [-0.2, 0) is 4.74 Å². The monoisotopic (exact) mass is 446 g/mol. The second-order valence-electron chi connectivity index (χ2n) is 7.90. The highest BCUT2D eigenvalue weighted by molar-refractivity contribution is 6.13. The predicted molar refractivity (Wildman–Crippen MR) is 130 cm³/mol. The number of esters is 1. The molecular weight excluding hydrogens is 428 g/mol. The minimum Gasteiger partial charge on any atom is -0.452 e. The zero-order chi connectivity index (χ0) is 23.1. The van der Waals surface area contributed by atoms with Crippen molar-refractivity contribution < 1.29 is 14.3 Å². The number of fused-ring (bicyclic) bond motifs is 4. The van der Waals surface area contributed by atoms with Crippen LogP contribution in [-0.4, -0.2) is 38.0 Å². The van der Waals surface area contributed by atoms with Crippen molar-refractivity contribution >= 4 is 44.7 Å². The van der Waals surface area contributed by atoms with E-state index < -0.39 is 5.97 Å². The Morgan fingerprint density at radius 2 is 1.62 bits per heavy atom. The maximum absolute atomic E-state index is 13.1. The fourth-order valence-electron chi connectivity index (χ4n) is 4.24. The molecule has 3 aromatic heterocycles. The highest BCUT2D eigenvalue weighted by atomic mass is 16.5. The van der Waals surface area contributed by atoms with E-state index in [1.807, 2.05) is 60.7 Å². The van der Waals surface area contributed by atoms with Gasteiger partial charge >= 0.3 is 5.97 Å². The molecule has 0 atom stereocenters. The van der Waals surface area contributed by atoms with E-state index in [9.17, 15) is 9.59 Å². The van der Waals surface area contributed by atoms with Crippen LogP contribution in [0.5, 0.6) is 0 Å². The summed E-state index contributed by atoms with van der Waals surface area (Å²) in [5.41, 5.74) is 4.17. The Kier molecular flexibility index (Phi) is 4.66. The van der Waals surface area contributed by atoms with E-state index >= 15 is 0 Å². The fourth-order valence-corrected chi connectivity index (χ4v) is 4.24. The van der Waals surface area contributed by atoms with Crippen LogP contribution in [0.15, 0.2) is 91.3 Å². The molecule has 0 fully saturated rings. The lowest BCUT2D eigenvalue weighted by atomic mass is 10.2. The molecule has 0 saturated heterocycles. The van der Waals surface area contributed by atoms with Crippen LogP contribution < -0.4 is 0 Å². The third-order valence-corrected chi connectivity index (χ3v) is 5.81. The van der Waals surface area contributed by atoms with Crippen LogP contribution >= 0.6 is 0 Å². The van der Waals surface area contributed by atoms with E-state index in [2.05, 4.69) is 15.0 Å². The molecule has 0 radical (unpaired) electrons. The zero-order valence-electron chi connectivity index (χ0n) is 17.9. The summed E-state index contributed by atoms with van der Waals surface area (Å²) in [6, 6.07) is 24.2. The number of aromatic nitrogens is 4. The first-order valence-corrected chi connectivity index (χ1v) is 10.8. The summed E-state index contributed by atoms with van der Waals surface area (Å²) in [6.07, 6.45) is 3.41. The Labute approximate surface area is 193 Å². The van der Waals surface area contributed by atoms with Gasteiger partial charge in [-0.3, -0.25) is 14.3 Å². The number of pyridine rings is 1. The third-order valence-electron chi connectivity index (χ3n) is 5.81. The first-order chi connectivity index (χ1) is 16.7. The Hall–Kier alpha value is -4.78. The van der Waals surface area contributed by atoms with E-state index in [0.29, 0.717) is 16.9 Å². The summed E-state index contributed by atoms with van der Waals surface area (Å²) in [7, 11) is 0. The quantitative estimate of drug-likeness (QED) is 0.375. The van der Waals surface area contributed by atoms with Gasteiger partial charge in [0.2, 0.25) is 0 Å². The molecule has 6 rings (SSSR count). The molecule has 0 unspecified atom stereocenters. The molecule has 0 amide bonds. The van der Waals surface area contributed by atoms with Crippen molar-refractivity contribution in [1.82, 2.24) is 19.5 Å². The number of carbonyl (C=O) groups excluding carboxylic acids is 2. The number of aromatic amines is 1. The van der Waals surface area contributed by atoms with Gasteiger partial charge in [-0.2, -0.15) is 0 Å². The van der Waals surface area contributed by atoms with Crippen LogP contribution in [0.4, 0.5) is 0 Å². The van der Waals surface area contributed by atoms with Gasteiger partial charge in [-0.05, 0) is 42.5 Å². The maximum Gasteiger partial charge on any atom is 0.338 e. The standard InChI is InChI=1S/C27H18N4O3/c32-25(31-23-9-3-1-7-19(23)20-8-2-4-10-24(20)31)16-34-27(33)17-11-12-21-22(14-17)30-26(29-21)18-6-5-13-28-15-18/h1-15H,16H2,(H,29,30). The van der Waals surface area contributed by atoms with E-state index in [1.165, 1.54) is 0 Å². The maximum atomic E-state index is 13.1. The lowest BCUT2D eigenvalue weighted by Crippen LogP contribution is -2.20. The van der Waals surface area contributed by atoms with Crippen molar-refractivity contribution in [2.75, 3.05) is 6.61 Å². The Bertz CT molecular complexity index is 1650. The number of H-pyrrole nitrogens is 1. The molecule has 0 aliphatic heterocycles. The number of nitrogens with zero attached hydrogens (tertiary/aromatic N) is 3. The van der Waals surface area contributed by atoms with E-state index in [4.69, 9.17) is 4.74 Å². The topological polar surface area (TPSA) is 89.9 Å². The van der Waals surface area contributed by atoms with Gasteiger partial charge in [0.15, 0.2) is 6.61 Å². The molecule has 0 aliphatic carbocycles. The number of hydrogen-bond donors (Lipinski definition) is 1. The van der Waals surface area contributed by atoms with Crippen molar-refractivity contribution in [2.24, 2.45) is 0 Å². The summed E-state index contributed by atoms with van der Waals surface area (Å²) in [5.74, 6) is -0.226. The first-order valence-electron chi connectivity index (χ1n) is 10.8. The number of nitrogens with one attached hydrogen (secondary N) is 1. The molecule has 0 spiro atoms. The van der Waals surface area contributed by atoms with Gasteiger partial charge < -0.3 is 9.72 Å². The minimum atomic E-state index is -0.575. The molecule has 0 aliphatic rings. The summed E-state index contributed by atoms with van der Waals surface area (Å²) in [4.78, 5) is 37.7. The molecular formula is C27H18N4O3. The molecule has 3 aromatic carbocycles. The predicted octanol–water partition coefficient (Wildman–Crippen LogP) is 5.23. The van der Waals surface area contributed by atoms with Gasteiger partial charge in [-0.25, -0.2) is 9.78 Å². The van der Waals surface area contributed by atoms with Crippen molar-refractivity contribution in [1.29, 1.82) is 0 Å². The molecule has 164 valence electrons. The summed E-state index contributed by atoms with van der Waals surface area (Å²) in [5, 5.41) is 1.96. The van der Waals surface area contributed by atoms with Crippen molar-refractivity contribution in [3.8, 4) is 11.4 Å². The van der Waals surface area contributed by atoms with Crippen LogP contribution in [0.2, 0.25) is 0 Å². The number of hydrogen-bond acceptors (Lipinski definition) is 5. The first kappa shape index (κ1) is 19.9. The number of ether oxygens (including phenoxy) is 1. The van der Waals surface area contributed by atoms with Gasteiger partial charge in [-0.15, -0.1) is 0 Å². The van der Waals surface area contributed by atoms with Gasteiger partial charge in [0.25, 0.3) is 5.91 Å². The minimum absolute atomic E-state index is 0.313. The molecule has 34 heavy (non-hydrogen) atoms. The smallest absolute Gasteiger partial charge is 0.338 e. The molecule has 7 heteroatoms. The molecule has 1 N–H and O–H groups in total. The number of imidazole rings is 1. The molecule has 3 heterocycles. The molecule has 6 aromatic rings. The largest absolute Gasteiger partial charge is 0.452 e. The normalized spacial score (nSPS) is 11.3. The summed E-state index contributed by atoms with van der Waals surface area (Å²) < 4.78 is 7.01. The van der Waals surface area contributed by atoms with Crippen molar-refractivity contribution in [3.05, 3.63) is 96.8 Å². The Balaban J connectivity index is 1.25. The number of carbonyl (C=O) groups is 2. The fraction of sp³-hybridized carbons (Fsp3) is 0.0370. The highest BCUT2D eigenvalue weighted by Gasteiger charge is 2.18. The van der Waals surface area contributed by atoms with Crippen LogP contribution in [0.25, 0.3) is 44.2 Å². The second-order valence-corrected chi connectivity index (χ2v) is 7.90. The second kappa shape index (κ2) is 7.97. The van der Waals surface area contributed by atoms with Gasteiger partial charge in [0.1, 0.15) is 5.82 Å². The molecule has 0 saturated carbocycles. The van der Waals surface area contributed by atoms with Crippen LogP contribution in [0, 0.1) is 0 Å². The SMILES string of the molecule is O=C(OCC(=O)n1c2ccccc2c2ccccc21)c1ccc2nc(-c3cccnc3)[nH]c2c1. The van der Waals surface area contributed by atoms with Gasteiger partial charge in [0.05, 0.1) is 27.6 Å². The third kappa shape index (κ3) is 3.31. The van der Waals surface area contributed by atoms with Crippen LogP contribution in [0.1, 0.15) is 15.2 Å². The average Bonchev–Trinajstić information content (AvgIpc) is 3.46.